The van der Waals surface area contributed by atoms with Gasteiger partial charge in [0.05, 0.1) is 0 Å². The molecule has 0 aliphatic rings. The van der Waals surface area contributed by atoms with E-state index >= 15 is 0 Å². The van der Waals surface area contributed by atoms with E-state index in [0.717, 1.165) is 21.1 Å². The summed E-state index contributed by atoms with van der Waals surface area (Å²) in [4.78, 5) is 10.7. The molecule has 1 unspecified atom stereocenters. The van der Waals surface area contributed by atoms with Crippen LogP contribution in [-0.4, -0.2) is 26.7 Å². The number of primary amides is 1. The van der Waals surface area contributed by atoms with Gasteiger partial charge in [-0.2, -0.15) is 0 Å². The Bertz CT molecular complexity index is 319. The van der Waals surface area contributed by atoms with Crippen molar-refractivity contribution in [3.63, 3.8) is 0 Å². The van der Waals surface area contributed by atoms with E-state index < -0.39 is 0 Å². The van der Waals surface area contributed by atoms with Crippen LogP contribution in [0.1, 0.15) is 11.1 Å². The van der Waals surface area contributed by atoms with Crippen LogP contribution >= 0.6 is 8.58 Å². The summed E-state index contributed by atoms with van der Waals surface area (Å²) in [5.74, 6) is 3.92. The summed E-state index contributed by atoms with van der Waals surface area (Å²) in [6.07, 6.45) is 1.88. The van der Waals surface area contributed by atoms with Gasteiger partial charge in [0.25, 0.3) is 0 Å². The second-order valence-electron chi connectivity index (χ2n) is 3.27. The molecule has 0 fully saturated rings. The number of nitrogens with two attached hydrogens (primary N) is 1. The summed E-state index contributed by atoms with van der Waals surface area (Å²) in [6, 6.07) is 2.08. The van der Waals surface area contributed by atoms with E-state index in [1.54, 1.807) is 0 Å². The van der Waals surface area contributed by atoms with Gasteiger partial charge in [-0.15, -0.1) is 0 Å². The summed E-state index contributed by atoms with van der Waals surface area (Å²) in [6.45, 7) is 4.23. The number of carbonyl (C=O) groups is 1. The molecule has 1 aromatic heterocycles. The summed E-state index contributed by atoms with van der Waals surface area (Å²) >= 11 is 0. The van der Waals surface area contributed by atoms with E-state index in [2.05, 4.69) is 18.7 Å². The van der Waals surface area contributed by atoms with E-state index in [1.165, 1.54) is 11.1 Å². The molecule has 2 N–H and O–H groups in total. The minimum atomic E-state index is -0.223. The molecule has 5 heteroatoms. The van der Waals surface area contributed by atoms with Crippen molar-refractivity contribution in [3.05, 3.63) is 29.1 Å². The molecule has 0 saturated carbocycles. The molecule has 1 aromatic rings. The average molecular weight is 205 g/mol. The summed E-state index contributed by atoms with van der Waals surface area (Å²) in [5, 5.41) is 0. The molecule has 1 rings (SSSR count). The molecular weight excluding hydrogens is 191 g/mol. The van der Waals surface area contributed by atoms with Crippen LogP contribution in [0, 0.1) is 0 Å². The predicted molar refractivity (Wildman–Crippen MR) is 66.2 cm³/mol. The van der Waals surface area contributed by atoms with Crippen LogP contribution in [0.2, 0.25) is 0 Å². The van der Waals surface area contributed by atoms with Crippen molar-refractivity contribution in [2.45, 2.75) is 12.5 Å². The molecule has 72 valence electrons. The maximum absolute atomic E-state index is 10.7. The van der Waals surface area contributed by atoms with Gasteiger partial charge < -0.3 is 0 Å². The Morgan fingerprint density at radius 3 is 3.07 bits per heavy atom. The molecule has 0 spiro atoms. The zero-order valence-electron chi connectivity index (χ0n) is 8.42. The molecule has 0 aliphatic heterocycles. The van der Waals surface area contributed by atoms with E-state index in [9.17, 15) is 4.79 Å². The number of rotatable bonds is 5. The third kappa shape index (κ3) is 3.63. The van der Waals surface area contributed by atoms with Crippen molar-refractivity contribution >= 4 is 28.6 Å². The van der Waals surface area contributed by atoms with Crippen LogP contribution in [0.5, 0.6) is 0 Å². The second kappa shape index (κ2) is 5.98. The normalized spacial score (nSPS) is 10.4. The van der Waals surface area contributed by atoms with Crippen molar-refractivity contribution in [1.29, 1.82) is 0 Å². The van der Waals surface area contributed by atoms with Gasteiger partial charge >= 0.3 is 87.4 Å². The molecule has 1 atom stereocenters. The van der Waals surface area contributed by atoms with Crippen molar-refractivity contribution in [2.75, 3.05) is 6.66 Å². The molecule has 1 heterocycles. The number of carbonyl (C=O) groups excluding carboxylic acids is 1. The quantitative estimate of drug-likeness (QED) is 0.561. The average Bonchev–Trinajstić information content (AvgIpc) is 2.17. The number of hydrogen-bond donors (Lipinski definition) is 1. The Morgan fingerprint density at radius 1 is 1.64 bits per heavy atom. The summed E-state index contributed by atoms with van der Waals surface area (Å²) in [5.41, 5.74) is 7.75. The molecule has 0 aliphatic carbocycles. The van der Waals surface area contributed by atoms with Gasteiger partial charge in [0.2, 0.25) is 0 Å². The maximum atomic E-state index is 10.7. The number of amides is 1. The Balaban J connectivity index is 2.68. The molecule has 0 aromatic carbocycles. The first kappa shape index (κ1) is 11.5. The standard InChI is InChI=1S/C9H14B2NOP/c1-14-6-8-4-10-3-2-7(8)5-11-9(12)13/h2-4,11,14H,5-6H2,1H3,(H2,12,13). The van der Waals surface area contributed by atoms with Gasteiger partial charge in [-0.3, -0.25) is 0 Å². The van der Waals surface area contributed by atoms with Crippen LogP contribution in [0.15, 0.2) is 18.0 Å². The zero-order valence-corrected chi connectivity index (χ0v) is 9.42. The molecule has 1 amide bonds. The van der Waals surface area contributed by atoms with Crippen LogP contribution in [0.3, 0.4) is 0 Å². The first-order valence-corrected chi connectivity index (χ1v) is 6.44. The van der Waals surface area contributed by atoms with Crippen molar-refractivity contribution in [3.8, 4) is 0 Å². The minimum absolute atomic E-state index is 0.223. The molecule has 14 heavy (non-hydrogen) atoms. The second-order valence-corrected chi connectivity index (χ2v) is 4.33. The fraction of sp³-hybridized carbons (Fsp3) is 0.333. The van der Waals surface area contributed by atoms with Gasteiger partial charge in [-0.1, -0.05) is 0 Å². The van der Waals surface area contributed by atoms with Crippen LogP contribution in [0.4, 0.5) is 4.79 Å². The molecule has 0 saturated heterocycles. The first-order valence-electron chi connectivity index (χ1n) is 4.73. The van der Waals surface area contributed by atoms with Crippen LogP contribution in [0.25, 0.3) is 0 Å². The zero-order chi connectivity index (χ0) is 10.4. The Hall–Kier alpha value is -0.620. The summed E-state index contributed by atoms with van der Waals surface area (Å²) < 4.78 is 0. The van der Waals surface area contributed by atoms with Gasteiger partial charge in [-0.25, -0.2) is 0 Å². The topological polar surface area (TPSA) is 43.1 Å². The van der Waals surface area contributed by atoms with Crippen molar-refractivity contribution < 1.29 is 4.79 Å². The Labute approximate surface area is 87.9 Å². The number of hydrogen-bond acceptors (Lipinski definition) is 1. The van der Waals surface area contributed by atoms with Gasteiger partial charge in [0.1, 0.15) is 0 Å². The van der Waals surface area contributed by atoms with Crippen LogP contribution in [-0.2, 0) is 12.5 Å². The SMILES string of the molecule is CPCc1cbccc1CBC(N)=O. The van der Waals surface area contributed by atoms with Gasteiger partial charge in [0.15, 0.2) is 0 Å². The molecule has 0 radical (unpaired) electrons. The fourth-order valence-electron chi connectivity index (χ4n) is 1.42. The summed E-state index contributed by atoms with van der Waals surface area (Å²) in [7, 11) is 1.36. The van der Waals surface area contributed by atoms with Gasteiger partial charge in [0, 0.05) is 0 Å². The molecule has 2 nitrogen and oxygen atoms in total. The van der Waals surface area contributed by atoms with E-state index in [-0.39, 0.29) is 5.81 Å². The van der Waals surface area contributed by atoms with Crippen molar-refractivity contribution in [1.82, 2.24) is 0 Å². The third-order valence-corrected chi connectivity index (χ3v) is 2.86. The van der Waals surface area contributed by atoms with Crippen molar-refractivity contribution in [2.24, 2.45) is 5.73 Å². The monoisotopic (exact) mass is 205 g/mol. The fourth-order valence-corrected chi connectivity index (χ4v) is 2.15. The molecular formula is C9H14B2NOP. The van der Waals surface area contributed by atoms with Crippen LogP contribution < -0.4 is 5.73 Å². The van der Waals surface area contributed by atoms with Gasteiger partial charge in [-0.05, 0) is 0 Å². The molecule has 0 bridgehead atoms. The first-order chi connectivity index (χ1) is 6.74. The van der Waals surface area contributed by atoms with E-state index in [4.69, 9.17) is 5.73 Å². The Morgan fingerprint density at radius 2 is 2.43 bits per heavy atom. The van der Waals surface area contributed by atoms with E-state index in [0.29, 0.717) is 7.28 Å². The Kier molecular flexibility index (Phi) is 4.89. The third-order valence-electron chi connectivity index (χ3n) is 2.13. The predicted octanol–water partition coefficient (Wildman–Crippen LogP) is 0.848. The van der Waals surface area contributed by atoms with E-state index in [1.807, 2.05) is 12.9 Å².